The summed E-state index contributed by atoms with van der Waals surface area (Å²) in [6, 6.07) is 4.34. The molecule has 0 fully saturated rings. The molecule has 3 rings (SSSR count). The minimum atomic E-state index is -1.20. The second-order valence-electron chi connectivity index (χ2n) is 5.58. The number of aromatic nitrogens is 3. The van der Waals surface area contributed by atoms with Crippen molar-refractivity contribution in [2.24, 2.45) is 7.05 Å². The van der Waals surface area contributed by atoms with E-state index in [4.69, 9.17) is 14.6 Å². The average Bonchev–Trinajstić information content (AvgIpc) is 3.02. The lowest BCUT2D eigenvalue weighted by Crippen LogP contribution is -2.01. The highest BCUT2D eigenvalue weighted by molar-refractivity contribution is 5.89. The van der Waals surface area contributed by atoms with Gasteiger partial charge in [-0.1, -0.05) is 0 Å². The molecule has 0 aliphatic heterocycles. The highest BCUT2D eigenvalue weighted by Gasteiger charge is 2.23. The minimum absolute atomic E-state index is 0.0994. The molecule has 0 aliphatic rings. The van der Waals surface area contributed by atoms with E-state index in [-0.39, 0.29) is 22.6 Å². The van der Waals surface area contributed by atoms with Crippen molar-refractivity contribution in [3.63, 3.8) is 0 Å². The van der Waals surface area contributed by atoms with E-state index in [1.807, 2.05) is 0 Å². The SMILES string of the molecule is COc1cc(-c2c(F)cncc2F)c(OC)c(-c2cc(C(=O)O)nn2C)c1. The summed E-state index contributed by atoms with van der Waals surface area (Å²) in [6.07, 6.45) is 1.78. The van der Waals surface area contributed by atoms with Gasteiger partial charge in [0, 0.05) is 18.2 Å². The van der Waals surface area contributed by atoms with Gasteiger partial charge in [0.2, 0.25) is 0 Å². The third-order valence-electron chi connectivity index (χ3n) is 4.00. The molecular weight excluding hydrogens is 360 g/mol. The summed E-state index contributed by atoms with van der Waals surface area (Å²) in [5.74, 6) is -2.51. The monoisotopic (exact) mass is 375 g/mol. The average molecular weight is 375 g/mol. The van der Waals surface area contributed by atoms with E-state index in [1.54, 1.807) is 13.1 Å². The smallest absolute Gasteiger partial charge is 0.356 e. The number of carboxylic acid groups (broad SMARTS) is 1. The Balaban J connectivity index is 2.35. The van der Waals surface area contributed by atoms with Crippen LogP contribution in [0.15, 0.2) is 30.6 Å². The van der Waals surface area contributed by atoms with Gasteiger partial charge >= 0.3 is 5.97 Å². The van der Waals surface area contributed by atoms with Crippen LogP contribution in [-0.4, -0.2) is 40.1 Å². The fourth-order valence-electron chi connectivity index (χ4n) is 2.81. The summed E-state index contributed by atoms with van der Waals surface area (Å²) in [5, 5.41) is 13.1. The molecule has 0 radical (unpaired) electrons. The normalized spacial score (nSPS) is 10.7. The molecule has 3 aromatic rings. The largest absolute Gasteiger partial charge is 0.497 e. The number of carboxylic acids is 1. The Morgan fingerprint density at radius 2 is 1.70 bits per heavy atom. The minimum Gasteiger partial charge on any atom is -0.497 e. The van der Waals surface area contributed by atoms with Crippen molar-refractivity contribution in [2.75, 3.05) is 14.2 Å². The first-order valence-corrected chi connectivity index (χ1v) is 7.70. The van der Waals surface area contributed by atoms with Gasteiger partial charge in [0.05, 0.1) is 37.9 Å². The second kappa shape index (κ2) is 7.02. The molecule has 140 valence electrons. The Morgan fingerprint density at radius 1 is 1.07 bits per heavy atom. The van der Waals surface area contributed by atoms with Crippen LogP contribution >= 0.6 is 0 Å². The molecule has 27 heavy (non-hydrogen) atoms. The number of carbonyl (C=O) groups is 1. The van der Waals surface area contributed by atoms with Gasteiger partial charge in [0.15, 0.2) is 17.3 Å². The first-order chi connectivity index (χ1) is 12.9. The van der Waals surface area contributed by atoms with Gasteiger partial charge in [-0.15, -0.1) is 0 Å². The highest BCUT2D eigenvalue weighted by Crippen LogP contribution is 2.43. The molecule has 0 bridgehead atoms. The third-order valence-corrected chi connectivity index (χ3v) is 4.00. The fraction of sp³-hybridized carbons (Fsp3) is 0.167. The van der Waals surface area contributed by atoms with Crippen molar-refractivity contribution in [2.45, 2.75) is 0 Å². The molecule has 0 saturated heterocycles. The molecule has 0 spiro atoms. The Hall–Kier alpha value is -3.49. The van der Waals surface area contributed by atoms with Gasteiger partial charge in [-0.05, 0) is 18.2 Å². The molecule has 0 atom stereocenters. The lowest BCUT2D eigenvalue weighted by molar-refractivity contribution is 0.0689. The van der Waals surface area contributed by atoms with Gasteiger partial charge in [-0.2, -0.15) is 5.10 Å². The molecule has 2 aromatic heterocycles. The number of benzene rings is 1. The van der Waals surface area contributed by atoms with Gasteiger partial charge in [-0.3, -0.25) is 9.67 Å². The van der Waals surface area contributed by atoms with Gasteiger partial charge in [0.1, 0.15) is 11.5 Å². The molecule has 0 saturated carbocycles. The van der Waals surface area contributed by atoms with E-state index in [9.17, 15) is 13.6 Å². The summed E-state index contributed by atoms with van der Waals surface area (Å²) in [6.45, 7) is 0. The maximum absolute atomic E-state index is 14.3. The first kappa shape index (κ1) is 18.3. The molecule has 1 aromatic carbocycles. The lowest BCUT2D eigenvalue weighted by atomic mass is 9.98. The molecule has 9 heteroatoms. The van der Waals surface area contributed by atoms with Crippen molar-refractivity contribution in [3.05, 3.63) is 47.9 Å². The van der Waals surface area contributed by atoms with E-state index in [1.165, 1.54) is 31.0 Å². The van der Waals surface area contributed by atoms with E-state index < -0.39 is 17.6 Å². The van der Waals surface area contributed by atoms with Gasteiger partial charge in [-0.25, -0.2) is 13.6 Å². The Labute approximate surface area is 152 Å². The number of pyridine rings is 1. The number of nitrogens with zero attached hydrogens (tertiary/aromatic N) is 3. The molecule has 0 aliphatic carbocycles. The maximum atomic E-state index is 14.3. The molecule has 7 nitrogen and oxygen atoms in total. The Kier molecular flexibility index (Phi) is 4.76. The number of hydrogen-bond acceptors (Lipinski definition) is 5. The molecular formula is C18H15F2N3O4. The molecule has 0 amide bonds. The summed E-state index contributed by atoms with van der Waals surface area (Å²) in [5.41, 5.74) is 0.328. The third kappa shape index (κ3) is 3.19. The van der Waals surface area contributed by atoms with Gasteiger partial charge < -0.3 is 14.6 Å². The van der Waals surface area contributed by atoms with Crippen molar-refractivity contribution >= 4 is 5.97 Å². The van der Waals surface area contributed by atoms with Crippen LogP contribution < -0.4 is 9.47 Å². The van der Waals surface area contributed by atoms with E-state index in [0.717, 1.165) is 12.4 Å². The van der Waals surface area contributed by atoms with Crippen LogP contribution in [-0.2, 0) is 7.05 Å². The van der Waals surface area contributed by atoms with Crippen molar-refractivity contribution in [1.29, 1.82) is 0 Å². The van der Waals surface area contributed by atoms with Crippen LogP contribution in [0.1, 0.15) is 10.5 Å². The number of hydrogen-bond donors (Lipinski definition) is 1. The number of aromatic carboxylic acids is 1. The van der Waals surface area contributed by atoms with Crippen molar-refractivity contribution < 1.29 is 28.2 Å². The maximum Gasteiger partial charge on any atom is 0.356 e. The van der Waals surface area contributed by atoms with E-state index >= 15 is 0 Å². The summed E-state index contributed by atoms with van der Waals surface area (Å²) in [4.78, 5) is 14.7. The zero-order valence-electron chi connectivity index (χ0n) is 14.7. The molecule has 2 heterocycles. The van der Waals surface area contributed by atoms with Crippen LogP contribution in [0.4, 0.5) is 8.78 Å². The summed E-state index contributed by atoms with van der Waals surface area (Å²) < 4.78 is 40.6. The van der Waals surface area contributed by atoms with E-state index in [2.05, 4.69) is 10.1 Å². The first-order valence-electron chi connectivity index (χ1n) is 7.70. The van der Waals surface area contributed by atoms with Crippen molar-refractivity contribution in [3.8, 4) is 33.9 Å². The summed E-state index contributed by atoms with van der Waals surface area (Å²) >= 11 is 0. The topological polar surface area (TPSA) is 86.5 Å². The molecule has 1 N–H and O–H groups in total. The number of halogens is 2. The quantitative estimate of drug-likeness (QED) is 0.737. The standard InChI is InChI=1S/C18H15F2N3O4/c1-23-15(6-14(22-23)18(24)25)10-4-9(26-2)5-11(17(10)27-3)16-12(19)7-21-8-13(16)20/h4-8H,1-3H3,(H,24,25). The number of ether oxygens (including phenoxy) is 2. The number of rotatable bonds is 5. The Bertz CT molecular complexity index is 1010. The predicted octanol–water partition coefficient (Wildman–Crippen LogP) is 3.14. The Morgan fingerprint density at radius 3 is 2.22 bits per heavy atom. The number of methoxy groups -OCH3 is 2. The van der Waals surface area contributed by atoms with Crippen LogP contribution in [0.3, 0.4) is 0 Å². The second-order valence-corrected chi connectivity index (χ2v) is 5.58. The van der Waals surface area contributed by atoms with Crippen LogP contribution in [0.2, 0.25) is 0 Å². The van der Waals surface area contributed by atoms with E-state index in [0.29, 0.717) is 17.0 Å². The summed E-state index contributed by atoms with van der Waals surface area (Å²) in [7, 11) is 4.30. The predicted molar refractivity (Wildman–Crippen MR) is 91.9 cm³/mol. The lowest BCUT2D eigenvalue weighted by Gasteiger charge is -2.16. The van der Waals surface area contributed by atoms with Gasteiger partial charge in [0.25, 0.3) is 0 Å². The van der Waals surface area contributed by atoms with Crippen molar-refractivity contribution in [1.82, 2.24) is 14.8 Å². The highest BCUT2D eigenvalue weighted by atomic mass is 19.1. The van der Waals surface area contributed by atoms with Crippen LogP contribution in [0.25, 0.3) is 22.4 Å². The number of aryl methyl sites for hydroxylation is 1. The fourth-order valence-corrected chi connectivity index (χ4v) is 2.81. The zero-order chi connectivity index (χ0) is 19.7. The van der Waals surface area contributed by atoms with Crippen LogP contribution in [0, 0.1) is 11.6 Å². The zero-order valence-corrected chi connectivity index (χ0v) is 14.7. The molecule has 0 unspecified atom stereocenters. The van der Waals surface area contributed by atoms with Crippen LogP contribution in [0.5, 0.6) is 11.5 Å².